The molecule has 2 aromatic rings. The van der Waals surface area contributed by atoms with Gasteiger partial charge in [0.05, 0.1) is 16.5 Å². The molecule has 1 unspecified atom stereocenters. The standard InChI is InChI=1S/C22H26ClN3O2S/c1-24(2)12-13-25(14-17-8-4-3-5-9-17)22(28)20-15-29-16-26(20)21(27)18-10-6-7-11-19(18)23/h3-11,20H,12-16H2,1-2H3. The molecule has 0 bridgehead atoms. The predicted molar refractivity (Wildman–Crippen MR) is 119 cm³/mol. The highest BCUT2D eigenvalue weighted by Gasteiger charge is 2.37. The molecule has 5 nitrogen and oxygen atoms in total. The number of rotatable bonds is 7. The summed E-state index contributed by atoms with van der Waals surface area (Å²) in [4.78, 5) is 32.1. The molecule has 154 valence electrons. The molecule has 2 aromatic carbocycles. The van der Waals surface area contributed by atoms with Gasteiger partial charge in [-0.3, -0.25) is 9.59 Å². The van der Waals surface area contributed by atoms with Crippen molar-refractivity contribution in [3.63, 3.8) is 0 Å². The molecule has 1 saturated heterocycles. The molecule has 1 aliphatic rings. The van der Waals surface area contributed by atoms with Gasteiger partial charge in [0.15, 0.2) is 0 Å². The van der Waals surface area contributed by atoms with Gasteiger partial charge in [-0.1, -0.05) is 54.1 Å². The zero-order valence-electron chi connectivity index (χ0n) is 16.8. The van der Waals surface area contributed by atoms with Crippen LogP contribution < -0.4 is 0 Å². The van der Waals surface area contributed by atoms with Crippen molar-refractivity contribution in [2.45, 2.75) is 12.6 Å². The third-order valence-electron chi connectivity index (χ3n) is 4.88. The van der Waals surface area contributed by atoms with Gasteiger partial charge in [-0.05, 0) is 31.8 Å². The van der Waals surface area contributed by atoms with Crippen molar-refractivity contribution in [1.82, 2.24) is 14.7 Å². The van der Waals surface area contributed by atoms with E-state index < -0.39 is 6.04 Å². The van der Waals surface area contributed by atoms with Crippen LogP contribution in [0.4, 0.5) is 0 Å². The van der Waals surface area contributed by atoms with Crippen LogP contribution in [0.2, 0.25) is 5.02 Å². The number of hydrogen-bond donors (Lipinski definition) is 0. The van der Waals surface area contributed by atoms with Crippen LogP contribution in [-0.2, 0) is 11.3 Å². The van der Waals surface area contributed by atoms with Crippen LogP contribution in [0, 0.1) is 0 Å². The predicted octanol–water partition coefficient (Wildman–Crippen LogP) is 3.45. The second kappa shape index (κ2) is 10.1. The van der Waals surface area contributed by atoms with Crippen molar-refractivity contribution in [3.05, 3.63) is 70.7 Å². The Morgan fingerprint density at radius 2 is 1.76 bits per heavy atom. The molecule has 2 amide bonds. The summed E-state index contributed by atoms with van der Waals surface area (Å²) in [6.07, 6.45) is 0. The third kappa shape index (κ3) is 5.53. The number of nitrogens with zero attached hydrogens (tertiary/aromatic N) is 3. The summed E-state index contributed by atoms with van der Waals surface area (Å²) in [5.74, 6) is 0.891. The van der Waals surface area contributed by atoms with Gasteiger partial charge in [0.1, 0.15) is 6.04 Å². The van der Waals surface area contributed by atoms with Gasteiger partial charge >= 0.3 is 0 Å². The first-order chi connectivity index (χ1) is 14.0. The van der Waals surface area contributed by atoms with Gasteiger partial charge in [-0.15, -0.1) is 11.8 Å². The van der Waals surface area contributed by atoms with Crippen molar-refractivity contribution in [3.8, 4) is 0 Å². The average molecular weight is 432 g/mol. The zero-order chi connectivity index (χ0) is 20.8. The van der Waals surface area contributed by atoms with Crippen LogP contribution in [0.1, 0.15) is 15.9 Å². The second-order valence-electron chi connectivity index (χ2n) is 7.32. The molecule has 0 radical (unpaired) electrons. The molecule has 0 saturated carbocycles. The van der Waals surface area contributed by atoms with Crippen LogP contribution in [0.15, 0.2) is 54.6 Å². The quantitative estimate of drug-likeness (QED) is 0.673. The zero-order valence-corrected chi connectivity index (χ0v) is 18.3. The minimum absolute atomic E-state index is 0.0129. The van der Waals surface area contributed by atoms with Gasteiger partial charge in [-0.2, -0.15) is 0 Å². The Kier molecular flexibility index (Phi) is 7.58. The van der Waals surface area contributed by atoms with E-state index in [-0.39, 0.29) is 11.8 Å². The summed E-state index contributed by atoms with van der Waals surface area (Å²) >= 11 is 7.82. The molecule has 0 aliphatic carbocycles. The normalized spacial score (nSPS) is 16.3. The molecule has 1 heterocycles. The average Bonchev–Trinajstić information content (AvgIpc) is 3.21. The second-order valence-corrected chi connectivity index (χ2v) is 8.73. The van der Waals surface area contributed by atoms with E-state index >= 15 is 0 Å². The van der Waals surface area contributed by atoms with Crippen molar-refractivity contribution in [2.75, 3.05) is 38.8 Å². The first-order valence-electron chi connectivity index (χ1n) is 9.58. The van der Waals surface area contributed by atoms with Gasteiger partial charge in [-0.25, -0.2) is 0 Å². The lowest BCUT2D eigenvalue weighted by atomic mass is 10.1. The first kappa shape index (κ1) is 21.7. The molecular formula is C22H26ClN3O2S. The highest BCUT2D eigenvalue weighted by molar-refractivity contribution is 7.99. The van der Waals surface area contributed by atoms with E-state index in [4.69, 9.17) is 11.6 Å². The first-order valence-corrected chi connectivity index (χ1v) is 11.1. The number of likely N-dealkylation sites (N-methyl/N-ethyl adjacent to an activating group) is 1. The molecule has 29 heavy (non-hydrogen) atoms. The summed E-state index contributed by atoms with van der Waals surface area (Å²) in [6.45, 7) is 1.90. The topological polar surface area (TPSA) is 43.9 Å². The maximum absolute atomic E-state index is 13.5. The lowest BCUT2D eigenvalue weighted by Gasteiger charge is -2.31. The molecule has 1 atom stereocenters. The maximum Gasteiger partial charge on any atom is 0.256 e. The fourth-order valence-corrected chi connectivity index (χ4v) is 4.60. The molecule has 7 heteroatoms. The number of carbonyl (C=O) groups is 2. The van der Waals surface area contributed by atoms with Crippen molar-refractivity contribution < 1.29 is 9.59 Å². The van der Waals surface area contributed by atoms with Crippen LogP contribution in [-0.4, -0.2) is 71.4 Å². The minimum atomic E-state index is -0.477. The summed E-state index contributed by atoms with van der Waals surface area (Å²) < 4.78 is 0. The number of hydrogen-bond acceptors (Lipinski definition) is 4. The number of thioether (sulfide) groups is 1. The lowest BCUT2D eigenvalue weighted by molar-refractivity contribution is -0.135. The molecular weight excluding hydrogens is 406 g/mol. The van der Waals surface area contributed by atoms with Crippen LogP contribution in [0.5, 0.6) is 0 Å². The third-order valence-corrected chi connectivity index (χ3v) is 6.22. The van der Waals surface area contributed by atoms with Crippen molar-refractivity contribution in [1.29, 1.82) is 0 Å². The highest BCUT2D eigenvalue weighted by atomic mass is 35.5. The molecule has 1 aliphatic heterocycles. The smallest absolute Gasteiger partial charge is 0.256 e. The summed E-state index contributed by atoms with van der Waals surface area (Å²) in [6, 6.07) is 16.5. The summed E-state index contributed by atoms with van der Waals surface area (Å²) in [7, 11) is 3.98. The van der Waals surface area contributed by atoms with Gasteiger partial charge in [0, 0.05) is 25.4 Å². The SMILES string of the molecule is CN(C)CCN(Cc1ccccc1)C(=O)C1CSCN1C(=O)c1ccccc1Cl. The number of halogens is 1. The monoisotopic (exact) mass is 431 g/mol. The van der Waals surface area contributed by atoms with E-state index in [1.807, 2.05) is 49.3 Å². The summed E-state index contributed by atoms with van der Waals surface area (Å²) in [5, 5.41) is 0.411. The Morgan fingerprint density at radius 3 is 2.45 bits per heavy atom. The van der Waals surface area contributed by atoms with Crippen molar-refractivity contribution in [2.24, 2.45) is 0 Å². The Bertz CT molecular complexity index is 847. The number of benzene rings is 2. The van der Waals surface area contributed by atoms with Gasteiger partial charge in [0.2, 0.25) is 5.91 Å². The fraction of sp³-hybridized carbons (Fsp3) is 0.364. The van der Waals surface area contributed by atoms with Crippen molar-refractivity contribution >= 4 is 35.2 Å². The highest BCUT2D eigenvalue weighted by Crippen LogP contribution is 2.27. The largest absolute Gasteiger partial charge is 0.335 e. The minimum Gasteiger partial charge on any atom is -0.335 e. The maximum atomic E-state index is 13.5. The molecule has 0 aromatic heterocycles. The number of amides is 2. The van der Waals surface area contributed by atoms with Gasteiger partial charge in [0.25, 0.3) is 5.91 Å². The van der Waals surface area contributed by atoms with E-state index in [1.165, 1.54) is 0 Å². The van der Waals surface area contributed by atoms with E-state index in [1.54, 1.807) is 40.9 Å². The van der Waals surface area contributed by atoms with Crippen LogP contribution >= 0.6 is 23.4 Å². The lowest BCUT2D eigenvalue weighted by Crippen LogP contribution is -2.50. The van der Waals surface area contributed by atoms with E-state index in [2.05, 4.69) is 4.90 Å². The van der Waals surface area contributed by atoms with Gasteiger partial charge < -0.3 is 14.7 Å². The van der Waals surface area contributed by atoms with Crippen LogP contribution in [0.25, 0.3) is 0 Å². The molecule has 0 spiro atoms. The molecule has 1 fully saturated rings. The molecule has 3 rings (SSSR count). The summed E-state index contributed by atoms with van der Waals surface area (Å²) in [5.41, 5.74) is 1.52. The number of carbonyl (C=O) groups excluding carboxylic acids is 2. The fourth-order valence-electron chi connectivity index (χ4n) is 3.24. The van der Waals surface area contributed by atoms with E-state index in [0.29, 0.717) is 35.3 Å². The van der Waals surface area contributed by atoms with E-state index in [0.717, 1.165) is 12.1 Å². The van der Waals surface area contributed by atoms with Crippen LogP contribution in [0.3, 0.4) is 0 Å². The van der Waals surface area contributed by atoms with E-state index in [9.17, 15) is 9.59 Å². The Morgan fingerprint density at radius 1 is 1.07 bits per heavy atom. The Labute approximate surface area is 181 Å². The molecule has 0 N–H and O–H groups in total. The Hall–Kier alpha value is -2.02. The Balaban J connectivity index is 1.79.